The van der Waals surface area contributed by atoms with E-state index in [1.165, 1.54) is 6.07 Å². The van der Waals surface area contributed by atoms with E-state index in [1.54, 1.807) is 13.0 Å². The second kappa shape index (κ2) is 3.98. The molecule has 2 aromatic rings. The molecule has 0 unspecified atom stereocenters. The van der Waals surface area contributed by atoms with E-state index in [1.807, 2.05) is 0 Å². The molecule has 0 atom stereocenters. The summed E-state index contributed by atoms with van der Waals surface area (Å²) in [4.78, 5) is 25.1. The summed E-state index contributed by atoms with van der Waals surface area (Å²) in [6.45, 7) is 1.65. The standard InChI is InChI=1S/C9H8N4O3S/c1-4-6(13(15)16)3-2-5-7(4)17-9(11-5)12-8(10)14/h2-3H,1H3,(H3,10,11,12,14). The Bertz CT molecular complexity index is 622. The highest BCUT2D eigenvalue weighted by atomic mass is 32.1. The Morgan fingerprint density at radius 3 is 2.88 bits per heavy atom. The number of fused-ring (bicyclic) bond motifs is 1. The van der Waals surface area contributed by atoms with Gasteiger partial charge in [0.1, 0.15) is 0 Å². The molecule has 2 rings (SSSR count). The molecule has 0 spiro atoms. The van der Waals surface area contributed by atoms with Crippen molar-refractivity contribution in [3.63, 3.8) is 0 Å². The first-order valence-corrected chi connectivity index (χ1v) is 5.41. The molecule has 1 aromatic carbocycles. The van der Waals surface area contributed by atoms with Gasteiger partial charge in [-0.1, -0.05) is 11.3 Å². The molecular formula is C9H8N4O3S. The number of nitro benzene ring substituents is 1. The molecule has 3 N–H and O–H groups in total. The van der Waals surface area contributed by atoms with E-state index < -0.39 is 11.0 Å². The Balaban J connectivity index is 2.57. The van der Waals surface area contributed by atoms with Crippen molar-refractivity contribution in [1.82, 2.24) is 4.98 Å². The highest BCUT2D eigenvalue weighted by Crippen LogP contribution is 2.33. The summed E-state index contributed by atoms with van der Waals surface area (Å²) in [7, 11) is 0. The molecule has 8 heteroatoms. The molecule has 0 fully saturated rings. The number of rotatable bonds is 2. The van der Waals surface area contributed by atoms with Crippen LogP contribution in [0.5, 0.6) is 0 Å². The second-order valence-corrected chi connectivity index (χ2v) is 4.32. The van der Waals surface area contributed by atoms with Crippen molar-refractivity contribution in [3.8, 4) is 0 Å². The average molecular weight is 252 g/mol. The summed E-state index contributed by atoms with van der Waals surface area (Å²) in [5.74, 6) is 0. The Morgan fingerprint density at radius 1 is 1.59 bits per heavy atom. The molecule has 1 heterocycles. The van der Waals surface area contributed by atoms with Crippen LogP contribution in [-0.4, -0.2) is 15.9 Å². The number of primary amides is 1. The van der Waals surface area contributed by atoms with Crippen molar-refractivity contribution in [2.75, 3.05) is 5.32 Å². The van der Waals surface area contributed by atoms with E-state index in [0.29, 0.717) is 20.9 Å². The lowest BCUT2D eigenvalue weighted by atomic mass is 10.2. The molecule has 1 aromatic heterocycles. The third kappa shape index (κ3) is 2.02. The number of nitrogens with one attached hydrogen (secondary N) is 1. The van der Waals surface area contributed by atoms with Crippen LogP contribution in [0.1, 0.15) is 5.56 Å². The van der Waals surface area contributed by atoms with Gasteiger partial charge in [-0.3, -0.25) is 15.4 Å². The number of amides is 2. The molecule has 17 heavy (non-hydrogen) atoms. The molecule has 0 aliphatic heterocycles. The zero-order valence-corrected chi connectivity index (χ0v) is 9.58. The number of benzene rings is 1. The first kappa shape index (κ1) is 11.3. The van der Waals surface area contributed by atoms with E-state index >= 15 is 0 Å². The van der Waals surface area contributed by atoms with Crippen LogP contribution in [-0.2, 0) is 0 Å². The number of urea groups is 1. The van der Waals surface area contributed by atoms with Gasteiger partial charge in [-0.05, 0) is 13.0 Å². The van der Waals surface area contributed by atoms with E-state index in [4.69, 9.17) is 5.73 Å². The number of hydrogen-bond donors (Lipinski definition) is 2. The predicted octanol–water partition coefficient (Wildman–Crippen LogP) is 2.00. The number of carbonyl (C=O) groups is 1. The van der Waals surface area contributed by atoms with Gasteiger partial charge in [0.05, 0.1) is 15.1 Å². The highest BCUT2D eigenvalue weighted by molar-refractivity contribution is 7.22. The third-order valence-electron chi connectivity index (χ3n) is 2.20. The topological polar surface area (TPSA) is 111 Å². The van der Waals surface area contributed by atoms with Gasteiger partial charge in [0, 0.05) is 11.6 Å². The van der Waals surface area contributed by atoms with E-state index in [-0.39, 0.29) is 5.69 Å². The summed E-state index contributed by atoms with van der Waals surface area (Å²) < 4.78 is 0.669. The number of aryl methyl sites for hydroxylation is 1. The fourth-order valence-electron chi connectivity index (χ4n) is 1.47. The number of hydrogen-bond acceptors (Lipinski definition) is 5. The number of carbonyl (C=O) groups excluding carboxylic acids is 1. The number of nitrogens with zero attached hydrogens (tertiary/aromatic N) is 2. The Labute approximate surface area is 99.4 Å². The summed E-state index contributed by atoms with van der Waals surface area (Å²) in [5.41, 5.74) is 6.13. The number of anilines is 1. The first-order chi connectivity index (χ1) is 7.99. The van der Waals surface area contributed by atoms with E-state index in [9.17, 15) is 14.9 Å². The van der Waals surface area contributed by atoms with Crippen molar-refractivity contribution in [2.45, 2.75) is 6.92 Å². The summed E-state index contributed by atoms with van der Waals surface area (Å²) in [6.07, 6.45) is 0. The van der Waals surface area contributed by atoms with Crippen molar-refractivity contribution in [2.24, 2.45) is 5.73 Å². The van der Waals surface area contributed by atoms with Crippen LogP contribution < -0.4 is 11.1 Å². The summed E-state index contributed by atoms with van der Waals surface area (Å²) in [5, 5.41) is 13.4. The van der Waals surface area contributed by atoms with Gasteiger partial charge in [0.25, 0.3) is 5.69 Å². The van der Waals surface area contributed by atoms with Crippen LogP contribution in [0.3, 0.4) is 0 Å². The van der Waals surface area contributed by atoms with E-state index in [2.05, 4.69) is 10.3 Å². The van der Waals surface area contributed by atoms with Gasteiger partial charge in [0.2, 0.25) is 0 Å². The Hall–Kier alpha value is -2.22. The molecule has 0 saturated heterocycles. The average Bonchev–Trinajstić information content (AvgIpc) is 2.60. The summed E-state index contributed by atoms with van der Waals surface area (Å²) >= 11 is 1.16. The maximum absolute atomic E-state index is 10.8. The largest absolute Gasteiger partial charge is 0.351 e. The van der Waals surface area contributed by atoms with Crippen LogP contribution in [0.25, 0.3) is 10.2 Å². The smallest absolute Gasteiger partial charge is 0.318 e. The lowest BCUT2D eigenvalue weighted by Gasteiger charge is -1.96. The van der Waals surface area contributed by atoms with Crippen LogP contribution >= 0.6 is 11.3 Å². The van der Waals surface area contributed by atoms with Gasteiger partial charge in [-0.25, -0.2) is 9.78 Å². The zero-order valence-electron chi connectivity index (χ0n) is 8.76. The van der Waals surface area contributed by atoms with Gasteiger partial charge >= 0.3 is 6.03 Å². The normalized spacial score (nSPS) is 10.4. The molecule has 0 aliphatic rings. The molecule has 7 nitrogen and oxygen atoms in total. The summed E-state index contributed by atoms with van der Waals surface area (Å²) in [6, 6.07) is 2.23. The maximum Gasteiger partial charge on any atom is 0.318 e. The number of aromatic nitrogens is 1. The molecular weight excluding hydrogens is 244 g/mol. The zero-order chi connectivity index (χ0) is 12.6. The number of thiazole rings is 1. The lowest BCUT2D eigenvalue weighted by Crippen LogP contribution is -2.18. The maximum atomic E-state index is 10.8. The van der Waals surface area contributed by atoms with Crippen LogP contribution in [0.15, 0.2) is 12.1 Å². The van der Waals surface area contributed by atoms with Gasteiger partial charge in [0.15, 0.2) is 5.13 Å². The van der Waals surface area contributed by atoms with Crippen LogP contribution in [0.2, 0.25) is 0 Å². The number of nitrogens with two attached hydrogens (primary N) is 1. The van der Waals surface area contributed by atoms with Gasteiger partial charge in [-0.2, -0.15) is 0 Å². The highest BCUT2D eigenvalue weighted by Gasteiger charge is 2.16. The Kier molecular flexibility index (Phi) is 2.64. The molecule has 88 valence electrons. The quantitative estimate of drug-likeness (QED) is 0.628. The predicted molar refractivity (Wildman–Crippen MR) is 64.2 cm³/mol. The van der Waals surface area contributed by atoms with Crippen molar-refractivity contribution < 1.29 is 9.72 Å². The SMILES string of the molecule is Cc1c([N+](=O)[O-])ccc2nc(NC(N)=O)sc12. The van der Waals surface area contributed by atoms with Crippen LogP contribution in [0, 0.1) is 17.0 Å². The minimum Gasteiger partial charge on any atom is -0.351 e. The molecule has 0 aliphatic carbocycles. The van der Waals surface area contributed by atoms with Crippen molar-refractivity contribution >= 4 is 38.4 Å². The molecule has 0 saturated carbocycles. The number of nitro groups is 1. The van der Waals surface area contributed by atoms with Crippen LogP contribution in [0.4, 0.5) is 15.6 Å². The lowest BCUT2D eigenvalue weighted by molar-refractivity contribution is -0.385. The Morgan fingerprint density at radius 2 is 2.29 bits per heavy atom. The van der Waals surface area contributed by atoms with E-state index in [0.717, 1.165) is 11.3 Å². The minimum absolute atomic E-state index is 0.0341. The fraction of sp³-hybridized carbons (Fsp3) is 0.111. The van der Waals surface area contributed by atoms with Gasteiger partial charge < -0.3 is 5.73 Å². The van der Waals surface area contributed by atoms with Crippen molar-refractivity contribution in [3.05, 3.63) is 27.8 Å². The van der Waals surface area contributed by atoms with Gasteiger partial charge in [-0.15, -0.1) is 0 Å². The van der Waals surface area contributed by atoms with Crippen molar-refractivity contribution in [1.29, 1.82) is 0 Å². The third-order valence-corrected chi connectivity index (χ3v) is 3.31. The molecule has 0 radical (unpaired) electrons. The monoisotopic (exact) mass is 252 g/mol. The fourth-order valence-corrected chi connectivity index (χ4v) is 2.43. The molecule has 0 bridgehead atoms. The second-order valence-electron chi connectivity index (χ2n) is 3.32. The molecule has 2 amide bonds. The first-order valence-electron chi connectivity index (χ1n) is 4.60. The minimum atomic E-state index is -0.712.